The van der Waals surface area contributed by atoms with Gasteiger partial charge in [-0.3, -0.25) is 38.8 Å². The van der Waals surface area contributed by atoms with Crippen LogP contribution in [0.2, 0.25) is 0 Å². The maximum atomic E-state index is 12.1. The molecular formula is C73H158N16O6. The molecule has 0 radical (unpaired) electrons. The fraction of sp³-hybridized carbons (Fsp3) is 0.890. The molecule has 22 N–H and O–H groups in total. The lowest BCUT2D eigenvalue weighted by molar-refractivity contribution is -0.126. The normalized spacial score (nSPS) is 13.3. The molecule has 0 aromatic carbocycles. The Balaban J connectivity index is -0.000000251. The van der Waals surface area contributed by atoms with E-state index in [0.29, 0.717) is 97.9 Å². The summed E-state index contributed by atoms with van der Waals surface area (Å²) in [5, 5.41) is 19.9. The Kier molecular flexibility index (Phi) is 69.7. The van der Waals surface area contributed by atoms with Crippen LogP contribution in [0.5, 0.6) is 0 Å². The Bertz CT molecular complexity index is 1940. The molecule has 0 aliphatic heterocycles. The SMILES string of the molecule is CC(C)NC(CCCCN)C(=O)C(C)C.CC(C)NC(CCCN)C(=O)C(C)C.CC(C)NC(CCCN=C(N)N)C(=O)C(C)C.CC(C)NCC(CCCCN)C(=O)C(C)C.CC(C)NCC(CCCN)C(=O)C(C)C.CC(C)NCC(CCCN=C(N)N)C(=O)C(C)C. The number of aliphatic imine (C=N–C) groups is 2. The summed E-state index contributed by atoms with van der Waals surface area (Å²) in [6, 6.07) is 2.17. The van der Waals surface area contributed by atoms with Crippen LogP contribution in [0.15, 0.2) is 9.98 Å². The molecule has 6 atom stereocenters. The minimum Gasteiger partial charge on any atom is -0.370 e. The zero-order valence-corrected chi connectivity index (χ0v) is 65.6. The largest absolute Gasteiger partial charge is 0.370 e. The van der Waals surface area contributed by atoms with Gasteiger partial charge in [0.25, 0.3) is 0 Å². The van der Waals surface area contributed by atoms with E-state index in [1.54, 1.807) is 0 Å². The average Bonchev–Trinajstić information content (AvgIpc) is 3.19. The van der Waals surface area contributed by atoms with Gasteiger partial charge < -0.3 is 77.8 Å². The summed E-state index contributed by atoms with van der Waals surface area (Å²) in [6.07, 6.45) is 12.8. The van der Waals surface area contributed by atoms with Crippen LogP contribution in [-0.2, 0) is 28.8 Å². The molecule has 22 nitrogen and oxygen atoms in total. The van der Waals surface area contributed by atoms with Gasteiger partial charge in [0.05, 0.1) is 18.1 Å². The molecule has 0 fully saturated rings. The second-order valence-corrected chi connectivity index (χ2v) is 29.1. The highest BCUT2D eigenvalue weighted by atomic mass is 16.1. The van der Waals surface area contributed by atoms with Crippen LogP contribution in [0.4, 0.5) is 0 Å². The molecule has 0 aromatic heterocycles. The van der Waals surface area contributed by atoms with Crippen molar-refractivity contribution in [2.75, 3.05) is 58.9 Å². The first-order chi connectivity index (χ1) is 44.1. The van der Waals surface area contributed by atoms with Crippen molar-refractivity contribution in [2.24, 2.45) is 109 Å². The van der Waals surface area contributed by atoms with Crippen molar-refractivity contribution in [3.8, 4) is 0 Å². The average molecular weight is 1360 g/mol. The summed E-state index contributed by atoms with van der Waals surface area (Å²) in [7, 11) is 0. The van der Waals surface area contributed by atoms with E-state index in [4.69, 9.17) is 45.9 Å². The van der Waals surface area contributed by atoms with E-state index in [9.17, 15) is 28.8 Å². The summed E-state index contributed by atoms with van der Waals surface area (Å²) in [6.45, 7) is 54.6. The molecular weight excluding hydrogens is 1200 g/mol. The summed E-state index contributed by atoms with van der Waals surface area (Å²) in [5.74, 6) is 3.09. The number of carbonyl (C=O) groups is 6. The molecule has 566 valence electrons. The van der Waals surface area contributed by atoms with Gasteiger partial charge in [0.15, 0.2) is 29.3 Å². The number of rotatable bonds is 49. The fourth-order valence-electron chi connectivity index (χ4n) is 9.68. The Labute approximate surface area is 583 Å². The third-order valence-electron chi connectivity index (χ3n) is 14.9. The minimum atomic E-state index is -0.0933. The Morgan fingerprint density at radius 3 is 0.716 bits per heavy atom. The Morgan fingerprint density at radius 1 is 0.274 bits per heavy atom. The second kappa shape index (κ2) is 64.8. The van der Waals surface area contributed by atoms with E-state index >= 15 is 0 Å². The van der Waals surface area contributed by atoms with Crippen molar-refractivity contribution < 1.29 is 28.8 Å². The molecule has 0 saturated heterocycles. The number of nitrogens with one attached hydrogen (secondary N) is 6. The number of hydrogen-bond acceptors (Lipinski definition) is 18. The fourth-order valence-corrected chi connectivity index (χ4v) is 9.68. The molecule has 0 heterocycles. The van der Waals surface area contributed by atoms with E-state index < -0.39 is 0 Å². The number of nitrogens with two attached hydrogens (primary N) is 8. The number of guanidine groups is 2. The number of hydrogen-bond donors (Lipinski definition) is 14. The van der Waals surface area contributed by atoms with E-state index in [2.05, 4.69) is 111 Å². The van der Waals surface area contributed by atoms with Crippen molar-refractivity contribution >= 4 is 46.6 Å². The lowest BCUT2D eigenvalue weighted by Gasteiger charge is -2.21. The van der Waals surface area contributed by atoms with E-state index in [-0.39, 0.29) is 89.1 Å². The molecule has 0 saturated carbocycles. The van der Waals surface area contributed by atoms with Gasteiger partial charge in [-0.05, 0) is 103 Å². The van der Waals surface area contributed by atoms with Crippen molar-refractivity contribution in [1.82, 2.24) is 31.9 Å². The first-order valence-corrected chi connectivity index (χ1v) is 36.7. The molecule has 0 bridgehead atoms. The predicted molar refractivity (Wildman–Crippen MR) is 407 cm³/mol. The van der Waals surface area contributed by atoms with E-state index in [0.717, 1.165) is 116 Å². The topological polar surface area (TPSA) is 407 Å². The quantitative estimate of drug-likeness (QED) is 0.0155. The molecule has 0 aliphatic rings. The predicted octanol–water partition coefficient (Wildman–Crippen LogP) is 8.05. The molecule has 0 spiro atoms. The van der Waals surface area contributed by atoms with E-state index in [1.165, 1.54) is 0 Å². The Hall–Kier alpha value is -3.84. The van der Waals surface area contributed by atoms with Crippen LogP contribution in [0.1, 0.15) is 256 Å². The molecule has 22 heteroatoms. The third kappa shape index (κ3) is 65.8. The maximum Gasteiger partial charge on any atom is 0.185 e. The monoisotopic (exact) mass is 1360 g/mol. The molecule has 6 unspecified atom stereocenters. The molecule has 0 amide bonds. The van der Waals surface area contributed by atoms with Crippen molar-refractivity contribution in [1.29, 1.82) is 0 Å². The maximum absolute atomic E-state index is 12.1. The lowest BCUT2D eigenvalue weighted by atomic mass is 9.90. The van der Waals surface area contributed by atoms with Crippen molar-refractivity contribution in [3.63, 3.8) is 0 Å². The number of nitrogens with zero attached hydrogens (tertiary/aromatic N) is 2. The van der Waals surface area contributed by atoms with Gasteiger partial charge >= 0.3 is 0 Å². The van der Waals surface area contributed by atoms with Crippen LogP contribution >= 0.6 is 0 Å². The zero-order valence-electron chi connectivity index (χ0n) is 65.6. The second-order valence-electron chi connectivity index (χ2n) is 29.1. The van der Waals surface area contributed by atoms with E-state index in [1.807, 2.05) is 96.9 Å². The number of ketones is 6. The highest BCUT2D eigenvalue weighted by molar-refractivity contribution is 5.87. The van der Waals surface area contributed by atoms with Gasteiger partial charge in [-0.1, -0.05) is 179 Å². The smallest absolute Gasteiger partial charge is 0.185 e. The van der Waals surface area contributed by atoms with Gasteiger partial charge in [0.2, 0.25) is 0 Å². The van der Waals surface area contributed by atoms with Crippen LogP contribution in [0, 0.1) is 53.3 Å². The summed E-state index contributed by atoms with van der Waals surface area (Å²) in [5.41, 5.74) is 42.9. The first-order valence-electron chi connectivity index (χ1n) is 36.7. The van der Waals surface area contributed by atoms with Gasteiger partial charge in [-0.15, -0.1) is 0 Å². The minimum absolute atomic E-state index is 0.0107. The van der Waals surface area contributed by atoms with Gasteiger partial charge in [0.1, 0.15) is 17.3 Å². The molecule has 0 aliphatic carbocycles. The standard InChI is InChI=1S/C13H28N4O.C13H28N2O.C12H26N4O.2C12H26N2O.C11H24N2O/c1-9(2)12(18)11(8-17-10(3)4)6-5-7-16-13(14)15;1-10(2)13(16)12(7-5-6-8-14)9-15-11(3)4;1-8(2)11(17)10(16-9(3)4)6-5-7-15-12(13)14;1-9(2)12(15)11(6-5-7-13)8-14-10(3)4;1-9(2)12(15)11(14-10(3)4)7-5-6-8-13;1-8(2)11(14)10(6-5-7-12)13-9(3)4/h9-11,17H,5-8H2,1-4H3,(H4,14,15,16);10-12,15H,5-9,14H2,1-4H3;8-10,16H,5-7H2,1-4H3,(H4,13,14,15);2*9-11,14H,5-8,13H2,1-4H3;8-10,13H,5-7,12H2,1-4H3. The summed E-state index contributed by atoms with van der Waals surface area (Å²) < 4.78 is 0. The van der Waals surface area contributed by atoms with Gasteiger partial charge in [-0.25, -0.2) is 0 Å². The molecule has 0 aromatic rings. The van der Waals surface area contributed by atoms with Crippen molar-refractivity contribution in [2.45, 2.75) is 310 Å². The third-order valence-corrected chi connectivity index (χ3v) is 14.9. The molecule has 95 heavy (non-hydrogen) atoms. The first kappa shape index (κ1) is 102. The van der Waals surface area contributed by atoms with Gasteiger partial charge in [0, 0.05) is 122 Å². The Morgan fingerprint density at radius 2 is 0.484 bits per heavy atom. The molecule has 0 rings (SSSR count). The highest BCUT2D eigenvalue weighted by Crippen LogP contribution is 2.17. The van der Waals surface area contributed by atoms with Crippen LogP contribution < -0.4 is 77.8 Å². The highest BCUT2D eigenvalue weighted by Gasteiger charge is 2.26. The van der Waals surface area contributed by atoms with Crippen molar-refractivity contribution in [3.05, 3.63) is 0 Å². The lowest BCUT2D eigenvalue weighted by Crippen LogP contribution is -2.43. The summed E-state index contributed by atoms with van der Waals surface area (Å²) >= 11 is 0. The van der Waals surface area contributed by atoms with Crippen LogP contribution in [0.25, 0.3) is 0 Å². The summed E-state index contributed by atoms with van der Waals surface area (Å²) in [4.78, 5) is 79.4. The van der Waals surface area contributed by atoms with Crippen LogP contribution in [-0.4, -0.2) is 160 Å². The van der Waals surface area contributed by atoms with Gasteiger partial charge in [-0.2, -0.15) is 0 Å². The number of Topliss-reactive ketones (excluding diaryl/α,β-unsaturated/α-hetero) is 6. The number of unbranched alkanes of at least 4 members (excludes halogenated alkanes) is 2. The number of carbonyl (C=O) groups excluding carboxylic acids is 6. The van der Waals surface area contributed by atoms with Crippen LogP contribution in [0.3, 0.4) is 0 Å². The zero-order chi connectivity index (χ0) is 74.9.